The SMILES string of the molecule is COc1cc(OC)cc(C(=O)N2CCN(c3ncccn3)CC2C(=O)O)c1. The predicted molar refractivity (Wildman–Crippen MR) is 96.3 cm³/mol. The van der Waals surface area contributed by atoms with E-state index in [0.29, 0.717) is 29.6 Å². The van der Waals surface area contributed by atoms with Gasteiger partial charge in [0.05, 0.1) is 20.8 Å². The van der Waals surface area contributed by atoms with Gasteiger partial charge in [0.2, 0.25) is 5.95 Å². The summed E-state index contributed by atoms with van der Waals surface area (Å²) in [7, 11) is 2.98. The Morgan fingerprint density at radius 3 is 2.26 bits per heavy atom. The molecule has 1 unspecified atom stereocenters. The summed E-state index contributed by atoms with van der Waals surface area (Å²) in [6, 6.07) is 5.45. The molecule has 1 aromatic heterocycles. The molecule has 1 atom stereocenters. The van der Waals surface area contributed by atoms with Crippen LogP contribution >= 0.6 is 0 Å². The number of amides is 1. The number of methoxy groups -OCH3 is 2. The highest BCUT2D eigenvalue weighted by Gasteiger charge is 2.36. The number of nitrogens with zero attached hydrogens (tertiary/aromatic N) is 4. The lowest BCUT2D eigenvalue weighted by Crippen LogP contribution is -2.58. The van der Waals surface area contributed by atoms with Crippen LogP contribution in [-0.4, -0.2) is 71.7 Å². The molecule has 27 heavy (non-hydrogen) atoms. The molecule has 0 bridgehead atoms. The Balaban J connectivity index is 1.85. The minimum Gasteiger partial charge on any atom is -0.497 e. The first kappa shape index (κ1) is 18.4. The number of hydrogen-bond donors (Lipinski definition) is 1. The van der Waals surface area contributed by atoms with Gasteiger partial charge in [-0.05, 0) is 18.2 Å². The summed E-state index contributed by atoms with van der Waals surface area (Å²) in [6.07, 6.45) is 3.19. The zero-order valence-electron chi connectivity index (χ0n) is 15.0. The summed E-state index contributed by atoms with van der Waals surface area (Å²) >= 11 is 0. The van der Waals surface area contributed by atoms with Gasteiger partial charge in [-0.15, -0.1) is 0 Å². The number of aromatic nitrogens is 2. The first-order chi connectivity index (χ1) is 13.0. The van der Waals surface area contributed by atoms with Crippen LogP contribution in [0.25, 0.3) is 0 Å². The fourth-order valence-corrected chi connectivity index (χ4v) is 2.97. The smallest absolute Gasteiger partial charge is 0.328 e. The highest BCUT2D eigenvalue weighted by atomic mass is 16.5. The quantitative estimate of drug-likeness (QED) is 0.826. The number of hydrogen-bond acceptors (Lipinski definition) is 7. The average molecular weight is 372 g/mol. The van der Waals surface area contributed by atoms with Gasteiger partial charge in [-0.3, -0.25) is 4.79 Å². The van der Waals surface area contributed by atoms with Crippen LogP contribution in [0.1, 0.15) is 10.4 Å². The maximum Gasteiger partial charge on any atom is 0.328 e. The third kappa shape index (κ3) is 3.91. The second-order valence-electron chi connectivity index (χ2n) is 5.95. The zero-order valence-corrected chi connectivity index (χ0v) is 15.0. The number of rotatable bonds is 5. The second kappa shape index (κ2) is 7.90. The van der Waals surface area contributed by atoms with Crippen LogP contribution in [0.15, 0.2) is 36.7 Å². The van der Waals surface area contributed by atoms with Gasteiger partial charge in [0, 0.05) is 37.1 Å². The molecule has 0 radical (unpaired) electrons. The highest BCUT2D eigenvalue weighted by molar-refractivity contribution is 5.97. The van der Waals surface area contributed by atoms with E-state index in [2.05, 4.69) is 9.97 Å². The fourth-order valence-electron chi connectivity index (χ4n) is 2.97. The van der Waals surface area contributed by atoms with Crippen molar-refractivity contribution in [2.75, 3.05) is 38.8 Å². The number of carbonyl (C=O) groups is 2. The van der Waals surface area contributed by atoms with Crippen molar-refractivity contribution in [1.29, 1.82) is 0 Å². The molecule has 9 nitrogen and oxygen atoms in total. The third-order valence-corrected chi connectivity index (χ3v) is 4.36. The Hall–Kier alpha value is -3.36. The molecule has 3 rings (SSSR count). The van der Waals surface area contributed by atoms with Crippen molar-refractivity contribution in [3.63, 3.8) is 0 Å². The molecule has 1 amide bonds. The van der Waals surface area contributed by atoms with Gasteiger partial charge in [-0.1, -0.05) is 0 Å². The molecule has 2 heterocycles. The molecular weight excluding hydrogens is 352 g/mol. The normalized spacial score (nSPS) is 16.7. The lowest BCUT2D eigenvalue weighted by atomic mass is 10.1. The van der Waals surface area contributed by atoms with E-state index >= 15 is 0 Å². The number of ether oxygens (including phenoxy) is 2. The fraction of sp³-hybridized carbons (Fsp3) is 0.333. The zero-order chi connectivity index (χ0) is 19.4. The number of aliphatic carboxylic acids is 1. The van der Waals surface area contributed by atoms with Gasteiger partial charge in [0.1, 0.15) is 17.5 Å². The molecule has 1 aromatic carbocycles. The van der Waals surface area contributed by atoms with Crippen molar-refractivity contribution in [2.24, 2.45) is 0 Å². The largest absolute Gasteiger partial charge is 0.497 e. The predicted octanol–water partition coefficient (Wildman–Crippen LogP) is 0.909. The van der Waals surface area contributed by atoms with Crippen LogP contribution in [0.4, 0.5) is 5.95 Å². The standard InChI is InChI=1S/C18H20N4O5/c1-26-13-8-12(9-14(10-13)27-2)16(23)22-7-6-21(11-15(22)17(24)25)18-19-4-3-5-20-18/h3-5,8-10,15H,6-7,11H2,1-2H3,(H,24,25). The summed E-state index contributed by atoms with van der Waals surface area (Å²) < 4.78 is 10.4. The summed E-state index contributed by atoms with van der Waals surface area (Å²) in [6.45, 7) is 0.764. The Labute approximate surface area is 156 Å². The minimum absolute atomic E-state index is 0.103. The van der Waals surface area contributed by atoms with Crippen LogP contribution in [-0.2, 0) is 4.79 Å². The summed E-state index contributed by atoms with van der Waals surface area (Å²) in [5.74, 6) is -0.118. The highest BCUT2D eigenvalue weighted by Crippen LogP contribution is 2.25. The molecule has 1 N–H and O–H groups in total. The molecule has 0 spiro atoms. The molecule has 0 aliphatic carbocycles. The van der Waals surface area contributed by atoms with Gasteiger partial charge in [0.15, 0.2) is 0 Å². The van der Waals surface area contributed by atoms with Gasteiger partial charge < -0.3 is 24.4 Å². The van der Waals surface area contributed by atoms with Crippen LogP contribution in [0.2, 0.25) is 0 Å². The monoisotopic (exact) mass is 372 g/mol. The second-order valence-corrected chi connectivity index (χ2v) is 5.95. The first-order valence-electron chi connectivity index (χ1n) is 8.32. The number of benzene rings is 1. The number of anilines is 1. The van der Waals surface area contributed by atoms with Crippen LogP contribution in [0, 0.1) is 0 Å². The lowest BCUT2D eigenvalue weighted by Gasteiger charge is -2.39. The van der Waals surface area contributed by atoms with E-state index in [0.717, 1.165) is 0 Å². The van der Waals surface area contributed by atoms with Crippen LogP contribution < -0.4 is 14.4 Å². The van der Waals surface area contributed by atoms with E-state index < -0.39 is 17.9 Å². The lowest BCUT2D eigenvalue weighted by molar-refractivity contribution is -0.142. The molecule has 1 fully saturated rings. The summed E-state index contributed by atoms with van der Waals surface area (Å²) in [4.78, 5) is 36.2. The number of carboxylic acids is 1. The topological polar surface area (TPSA) is 105 Å². The van der Waals surface area contributed by atoms with Gasteiger partial charge in [-0.25, -0.2) is 14.8 Å². The number of piperazine rings is 1. The van der Waals surface area contributed by atoms with E-state index in [-0.39, 0.29) is 13.1 Å². The molecule has 9 heteroatoms. The Bertz CT molecular complexity index is 808. The average Bonchev–Trinajstić information content (AvgIpc) is 2.72. The van der Waals surface area contributed by atoms with Crippen molar-refractivity contribution in [2.45, 2.75) is 6.04 Å². The summed E-state index contributed by atoms with van der Waals surface area (Å²) in [5, 5.41) is 9.66. The number of carboxylic acid groups (broad SMARTS) is 1. The van der Waals surface area contributed by atoms with Crippen molar-refractivity contribution in [1.82, 2.24) is 14.9 Å². The minimum atomic E-state index is -1.08. The van der Waals surface area contributed by atoms with Gasteiger partial charge in [0.25, 0.3) is 5.91 Å². The Kier molecular flexibility index (Phi) is 5.39. The summed E-state index contributed by atoms with van der Waals surface area (Å²) in [5.41, 5.74) is 0.307. The molecule has 1 aliphatic heterocycles. The molecule has 2 aromatic rings. The van der Waals surface area contributed by atoms with E-state index in [1.807, 2.05) is 0 Å². The van der Waals surface area contributed by atoms with Crippen molar-refractivity contribution >= 4 is 17.8 Å². The maximum absolute atomic E-state index is 13.0. The molecule has 0 saturated carbocycles. The number of carbonyl (C=O) groups excluding carboxylic acids is 1. The Morgan fingerprint density at radius 2 is 1.70 bits per heavy atom. The van der Waals surface area contributed by atoms with Crippen molar-refractivity contribution < 1.29 is 24.2 Å². The van der Waals surface area contributed by atoms with E-state index in [4.69, 9.17) is 9.47 Å². The van der Waals surface area contributed by atoms with E-state index in [9.17, 15) is 14.7 Å². The molecule has 1 aliphatic rings. The van der Waals surface area contributed by atoms with Crippen LogP contribution in [0.3, 0.4) is 0 Å². The van der Waals surface area contributed by atoms with Gasteiger partial charge in [-0.2, -0.15) is 0 Å². The van der Waals surface area contributed by atoms with Crippen LogP contribution in [0.5, 0.6) is 11.5 Å². The molecule has 142 valence electrons. The van der Waals surface area contributed by atoms with Crippen molar-refractivity contribution in [3.8, 4) is 11.5 Å². The van der Waals surface area contributed by atoms with E-state index in [1.165, 1.54) is 19.1 Å². The van der Waals surface area contributed by atoms with Gasteiger partial charge >= 0.3 is 5.97 Å². The Morgan fingerprint density at radius 1 is 1.07 bits per heavy atom. The van der Waals surface area contributed by atoms with Crippen molar-refractivity contribution in [3.05, 3.63) is 42.2 Å². The molecular formula is C18H20N4O5. The first-order valence-corrected chi connectivity index (χ1v) is 8.32. The third-order valence-electron chi connectivity index (χ3n) is 4.36. The molecule has 1 saturated heterocycles. The van der Waals surface area contributed by atoms with E-state index in [1.54, 1.807) is 41.6 Å². The maximum atomic E-state index is 13.0.